The van der Waals surface area contributed by atoms with Crippen LogP contribution in [0.4, 0.5) is 5.69 Å². The van der Waals surface area contributed by atoms with Crippen molar-refractivity contribution in [3.05, 3.63) is 30.3 Å². The van der Waals surface area contributed by atoms with Crippen molar-refractivity contribution in [3.63, 3.8) is 0 Å². The van der Waals surface area contributed by atoms with Crippen LogP contribution in [0.5, 0.6) is 0 Å². The summed E-state index contributed by atoms with van der Waals surface area (Å²) in [6.07, 6.45) is 0. The van der Waals surface area contributed by atoms with Gasteiger partial charge in [-0.05, 0) is 31.8 Å². The molecule has 0 amide bonds. The zero-order valence-electron chi connectivity index (χ0n) is 10.8. The molecule has 0 unspecified atom stereocenters. The fourth-order valence-corrected chi connectivity index (χ4v) is 2.10. The number of nitrogens with one attached hydrogen (secondary N) is 1. The molecule has 1 aromatic carbocycles. The number of benzene rings is 1. The van der Waals surface area contributed by atoms with Crippen molar-refractivity contribution < 1.29 is 0 Å². The van der Waals surface area contributed by atoms with E-state index >= 15 is 0 Å². The summed E-state index contributed by atoms with van der Waals surface area (Å²) in [6.45, 7) is 6.68. The molecule has 0 atom stereocenters. The van der Waals surface area contributed by atoms with Crippen LogP contribution in [0.15, 0.2) is 35.0 Å². The van der Waals surface area contributed by atoms with Crippen molar-refractivity contribution in [1.82, 2.24) is 4.90 Å². The maximum atomic E-state index is 4.77. The van der Waals surface area contributed by atoms with Gasteiger partial charge in [0.25, 0.3) is 0 Å². The van der Waals surface area contributed by atoms with Gasteiger partial charge in [-0.2, -0.15) is 0 Å². The Morgan fingerprint density at radius 2 is 1.69 bits per heavy atom. The highest BCUT2D eigenvalue weighted by Gasteiger charge is 2.14. The van der Waals surface area contributed by atoms with Crippen LogP contribution in [0.25, 0.3) is 0 Å². The summed E-state index contributed by atoms with van der Waals surface area (Å²) in [4.78, 5) is 2.02. The standard InChI is InChI=1S/C12H21N3Si/c1-15(2)12(14-16(3,4)5)13-11-9-7-6-8-10-11/h6-10H,1-5H3,(H,13,14). The van der Waals surface area contributed by atoms with Gasteiger partial charge in [0.2, 0.25) is 0 Å². The van der Waals surface area contributed by atoms with E-state index < -0.39 is 8.24 Å². The van der Waals surface area contributed by atoms with Gasteiger partial charge in [0.05, 0.1) is 0 Å². The van der Waals surface area contributed by atoms with Gasteiger partial charge >= 0.3 is 0 Å². The highest BCUT2D eigenvalue weighted by molar-refractivity contribution is 6.75. The molecule has 1 N–H and O–H groups in total. The van der Waals surface area contributed by atoms with Crippen LogP contribution in [0, 0.1) is 0 Å². The van der Waals surface area contributed by atoms with E-state index in [1.165, 1.54) is 0 Å². The summed E-state index contributed by atoms with van der Waals surface area (Å²) in [5.74, 6) is 0.936. The van der Waals surface area contributed by atoms with Crippen LogP contribution >= 0.6 is 0 Å². The molecule has 3 nitrogen and oxygen atoms in total. The number of nitrogens with zero attached hydrogens (tertiary/aromatic N) is 2. The van der Waals surface area contributed by atoms with Crippen molar-refractivity contribution in [2.75, 3.05) is 19.4 Å². The number of guanidine groups is 1. The third-order valence-electron chi connectivity index (χ3n) is 1.89. The number of hydrogen-bond donors (Lipinski definition) is 1. The van der Waals surface area contributed by atoms with Crippen molar-refractivity contribution in [3.8, 4) is 0 Å². The summed E-state index contributed by atoms with van der Waals surface area (Å²) in [5, 5.41) is 3.35. The second kappa shape index (κ2) is 5.16. The van der Waals surface area contributed by atoms with E-state index in [9.17, 15) is 0 Å². The maximum Gasteiger partial charge on any atom is 0.188 e. The van der Waals surface area contributed by atoms with Crippen LogP contribution in [-0.4, -0.2) is 33.2 Å². The molecule has 0 saturated carbocycles. The zero-order valence-corrected chi connectivity index (χ0v) is 11.8. The molecule has 88 valence electrons. The minimum atomic E-state index is -1.45. The molecular formula is C12H21N3Si. The topological polar surface area (TPSA) is 27.6 Å². The van der Waals surface area contributed by atoms with Crippen LogP contribution < -0.4 is 5.32 Å². The average Bonchev–Trinajstić information content (AvgIpc) is 2.16. The third kappa shape index (κ3) is 4.48. The first-order chi connectivity index (χ1) is 7.38. The van der Waals surface area contributed by atoms with Crippen molar-refractivity contribution >= 4 is 19.9 Å². The van der Waals surface area contributed by atoms with E-state index in [2.05, 4.69) is 25.0 Å². The minimum Gasteiger partial charge on any atom is -0.350 e. The number of hydrogen-bond acceptors (Lipinski definition) is 1. The lowest BCUT2D eigenvalue weighted by Gasteiger charge is -2.21. The largest absolute Gasteiger partial charge is 0.350 e. The molecule has 0 radical (unpaired) electrons. The summed E-state index contributed by atoms with van der Waals surface area (Å²) in [6, 6.07) is 10.1. The number of rotatable bonds is 2. The maximum absolute atomic E-state index is 4.77. The van der Waals surface area contributed by atoms with Gasteiger partial charge in [0.15, 0.2) is 14.2 Å². The first-order valence-corrected chi connectivity index (χ1v) is 8.92. The van der Waals surface area contributed by atoms with Gasteiger partial charge in [0.1, 0.15) is 0 Å². The Bertz CT molecular complexity index is 352. The van der Waals surface area contributed by atoms with Gasteiger partial charge in [-0.3, -0.25) is 4.66 Å². The highest BCUT2D eigenvalue weighted by atomic mass is 28.3. The fourth-order valence-electron chi connectivity index (χ4n) is 1.21. The van der Waals surface area contributed by atoms with Gasteiger partial charge < -0.3 is 10.2 Å². The number of para-hydroxylation sites is 1. The quantitative estimate of drug-likeness (QED) is 0.485. The Kier molecular flexibility index (Phi) is 4.12. The second-order valence-corrected chi connectivity index (χ2v) is 9.56. The smallest absolute Gasteiger partial charge is 0.188 e. The molecule has 0 aromatic heterocycles. The van der Waals surface area contributed by atoms with Gasteiger partial charge in [0, 0.05) is 19.8 Å². The summed E-state index contributed by atoms with van der Waals surface area (Å²) in [5.41, 5.74) is 1.08. The zero-order chi connectivity index (χ0) is 12.2. The molecule has 1 rings (SSSR count). The Morgan fingerprint density at radius 3 is 2.12 bits per heavy atom. The molecule has 0 spiro atoms. The van der Waals surface area contributed by atoms with Crippen LogP contribution in [0.1, 0.15) is 0 Å². The van der Waals surface area contributed by atoms with E-state index in [4.69, 9.17) is 4.66 Å². The second-order valence-electron chi connectivity index (χ2n) is 4.99. The lowest BCUT2D eigenvalue weighted by atomic mass is 10.3. The summed E-state index contributed by atoms with van der Waals surface area (Å²) < 4.78 is 4.77. The lowest BCUT2D eigenvalue weighted by Crippen LogP contribution is -2.34. The van der Waals surface area contributed by atoms with Crippen LogP contribution in [0.3, 0.4) is 0 Å². The molecule has 0 aliphatic heterocycles. The predicted octanol–water partition coefficient (Wildman–Crippen LogP) is 2.85. The molecule has 16 heavy (non-hydrogen) atoms. The Hall–Kier alpha value is -1.29. The van der Waals surface area contributed by atoms with Gasteiger partial charge in [-0.25, -0.2) is 0 Å². The van der Waals surface area contributed by atoms with E-state index in [1.54, 1.807) is 0 Å². The van der Waals surface area contributed by atoms with Crippen molar-refractivity contribution in [2.45, 2.75) is 19.6 Å². The first kappa shape index (κ1) is 12.8. The minimum absolute atomic E-state index is 0.936. The molecule has 0 saturated heterocycles. The molecule has 0 bridgehead atoms. The molecule has 0 fully saturated rings. The predicted molar refractivity (Wildman–Crippen MR) is 74.5 cm³/mol. The van der Waals surface area contributed by atoms with Crippen LogP contribution in [-0.2, 0) is 0 Å². The molecular weight excluding hydrogens is 214 g/mol. The molecule has 0 heterocycles. The lowest BCUT2D eigenvalue weighted by molar-refractivity contribution is 0.621. The van der Waals surface area contributed by atoms with Gasteiger partial charge in [-0.15, -0.1) is 0 Å². The van der Waals surface area contributed by atoms with E-state index in [0.29, 0.717) is 0 Å². The number of anilines is 1. The van der Waals surface area contributed by atoms with E-state index in [1.807, 2.05) is 49.3 Å². The highest BCUT2D eigenvalue weighted by Crippen LogP contribution is 2.08. The van der Waals surface area contributed by atoms with Crippen molar-refractivity contribution in [2.24, 2.45) is 4.66 Å². The summed E-state index contributed by atoms with van der Waals surface area (Å²) in [7, 11) is 2.56. The Morgan fingerprint density at radius 1 is 1.12 bits per heavy atom. The first-order valence-electron chi connectivity index (χ1n) is 5.48. The summed E-state index contributed by atoms with van der Waals surface area (Å²) >= 11 is 0. The van der Waals surface area contributed by atoms with E-state index in [0.717, 1.165) is 11.6 Å². The molecule has 4 heteroatoms. The molecule has 0 aliphatic rings. The Labute approximate surface area is 99.3 Å². The van der Waals surface area contributed by atoms with E-state index in [-0.39, 0.29) is 0 Å². The molecule has 0 aliphatic carbocycles. The normalized spacial score (nSPS) is 12.4. The SMILES string of the molecule is CN(C)/C(=N\[Si](C)(C)C)Nc1ccccc1. The van der Waals surface area contributed by atoms with Gasteiger partial charge in [-0.1, -0.05) is 18.2 Å². The van der Waals surface area contributed by atoms with Crippen molar-refractivity contribution in [1.29, 1.82) is 0 Å². The van der Waals surface area contributed by atoms with Crippen LogP contribution in [0.2, 0.25) is 19.6 Å². The monoisotopic (exact) mass is 235 g/mol. The third-order valence-corrected chi connectivity index (χ3v) is 2.78. The average molecular weight is 235 g/mol. The Balaban J connectivity index is 2.86. The molecule has 1 aromatic rings. The fraction of sp³-hybridized carbons (Fsp3) is 0.417.